The highest BCUT2D eigenvalue weighted by Gasteiger charge is 2.33. The van der Waals surface area contributed by atoms with Crippen LogP contribution in [0.3, 0.4) is 0 Å². The van der Waals surface area contributed by atoms with Gasteiger partial charge in [-0.15, -0.1) is 0 Å². The fourth-order valence-electron chi connectivity index (χ4n) is 2.10. The number of nitrogen functional groups attached to an aromatic ring is 1. The van der Waals surface area contributed by atoms with E-state index in [0.29, 0.717) is 17.9 Å². The van der Waals surface area contributed by atoms with Crippen molar-refractivity contribution in [2.75, 3.05) is 23.8 Å². The molecule has 0 aliphatic carbocycles. The molecular formula is C12H12ClN3O2. The van der Waals surface area contributed by atoms with Crippen LogP contribution in [-0.4, -0.2) is 24.2 Å². The summed E-state index contributed by atoms with van der Waals surface area (Å²) in [4.78, 5) is 13.3. The smallest absolute Gasteiger partial charge is 0.227 e. The zero-order valence-electron chi connectivity index (χ0n) is 9.56. The Balaban J connectivity index is 2.49. The maximum absolute atomic E-state index is 11.9. The number of hydrogen-bond acceptors (Lipinski definition) is 4. The van der Waals surface area contributed by atoms with Crippen molar-refractivity contribution in [2.45, 2.75) is 6.42 Å². The Morgan fingerprint density at radius 1 is 1.61 bits per heavy atom. The zero-order valence-corrected chi connectivity index (χ0v) is 10.3. The molecule has 1 aliphatic heterocycles. The predicted octanol–water partition coefficient (Wildman–Crippen LogP) is 1.14. The summed E-state index contributed by atoms with van der Waals surface area (Å²) in [5.41, 5.74) is 6.72. The molecule has 1 aromatic carbocycles. The summed E-state index contributed by atoms with van der Waals surface area (Å²) in [6.45, 7) is 0.291. The lowest BCUT2D eigenvalue weighted by Crippen LogP contribution is -2.27. The quantitative estimate of drug-likeness (QED) is 0.785. The number of nitrogens with zero attached hydrogens (tertiary/aromatic N) is 2. The Morgan fingerprint density at radius 2 is 2.33 bits per heavy atom. The van der Waals surface area contributed by atoms with Crippen LogP contribution < -0.4 is 10.6 Å². The lowest BCUT2D eigenvalue weighted by Gasteiger charge is -2.20. The van der Waals surface area contributed by atoms with Gasteiger partial charge >= 0.3 is 0 Å². The lowest BCUT2D eigenvalue weighted by atomic mass is 10.1. The third-order valence-corrected chi connectivity index (χ3v) is 3.32. The van der Waals surface area contributed by atoms with E-state index in [1.807, 2.05) is 6.07 Å². The highest BCUT2D eigenvalue weighted by atomic mass is 35.5. The molecule has 1 unspecified atom stereocenters. The van der Waals surface area contributed by atoms with Gasteiger partial charge in [-0.3, -0.25) is 4.79 Å². The topological polar surface area (TPSA) is 90.3 Å². The van der Waals surface area contributed by atoms with Gasteiger partial charge < -0.3 is 15.7 Å². The molecule has 0 bridgehead atoms. The minimum absolute atomic E-state index is 0.0649. The van der Waals surface area contributed by atoms with Crippen molar-refractivity contribution in [1.29, 1.82) is 5.26 Å². The van der Waals surface area contributed by atoms with Crippen molar-refractivity contribution in [1.82, 2.24) is 0 Å². The SMILES string of the molecule is N#Cc1c(Cl)ccc(N)c1N1CC(CO)CC1=O. The molecule has 1 aliphatic rings. The molecule has 6 heteroatoms. The standard InChI is InChI=1S/C12H12ClN3O2/c13-9-1-2-10(15)12(8(9)4-14)16-5-7(6-17)3-11(16)18/h1-2,7,17H,3,5-6,15H2. The van der Waals surface area contributed by atoms with Crippen molar-refractivity contribution in [3.05, 3.63) is 22.7 Å². The maximum Gasteiger partial charge on any atom is 0.227 e. The fraction of sp³-hybridized carbons (Fsp3) is 0.333. The third-order valence-electron chi connectivity index (χ3n) is 3.00. The first kappa shape index (κ1) is 12.7. The Hall–Kier alpha value is -1.77. The summed E-state index contributed by atoms with van der Waals surface area (Å²) in [6, 6.07) is 5.06. The number of aliphatic hydroxyl groups is 1. The Labute approximate surface area is 109 Å². The molecule has 0 saturated carbocycles. The second-order valence-corrected chi connectivity index (χ2v) is 4.64. The van der Waals surface area contributed by atoms with Gasteiger partial charge in [0, 0.05) is 25.5 Å². The van der Waals surface area contributed by atoms with Gasteiger partial charge in [-0.25, -0.2) is 0 Å². The van der Waals surface area contributed by atoms with E-state index in [0.717, 1.165) is 0 Å². The Bertz CT molecular complexity index is 539. The molecule has 1 heterocycles. The molecule has 1 saturated heterocycles. The van der Waals surface area contributed by atoms with Crippen molar-refractivity contribution < 1.29 is 9.90 Å². The number of rotatable bonds is 2. The van der Waals surface area contributed by atoms with Crippen molar-refractivity contribution >= 4 is 28.9 Å². The highest BCUT2D eigenvalue weighted by molar-refractivity contribution is 6.32. The van der Waals surface area contributed by atoms with Crippen LogP contribution in [0.4, 0.5) is 11.4 Å². The number of nitriles is 1. The van der Waals surface area contributed by atoms with Crippen LogP contribution in [0.2, 0.25) is 5.02 Å². The van der Waals surface area contributed by atoms with Gasteiger partial charge in [0.2, 0.25) is 5.91 Å². The molecule has 1 fully saturated rings. The summed E-state index contributed by atoms with van der Waals surface area (Å²) in [7, 11) is 0. The van der Waals surface area contributed by atoms with Crippen LogP contribution in [0.1, 0.15) is 12.0 Å². The number of carbonyl (C=O) groups excluding carboxylic acids is 1. The van der Waals surface area contributed by atoms with Crippen LogP contribution in [0, 0.1) is 17.2 Å². The molecule has 5 nitrogen and oxygen atoms in total. The van der Waals surface area contributed by atoms with Crippen molar-refractivity contribution in [3.8, 4) is 6.07 Å². The van der Waals surface area contributed by atoms with Crippen molar-refractivity contribution in [3.63, 3.8) is 0 Å². The van der Waals surface area contributed by atoms with Gasteiger partial charge in [0.1, 0.15) is 6.07 Å². The number of benzene rings is 1. The molecule has 2 rings (SSSR count). The summed E-state index contributed by atoms with van der Waals surface area (Å²) < 4.78 is 0. The predicted molar refractivity (Wildman–Crippen MR) is 68.1 cm³/mol. The summed E-state index contributed by atoms with van der Waals surface area (Å²) in [5, 5.41) is 18.5. The van der Waals surface area contributed by atoms with E-state index in [1.165, 1.54) is 11.0 Å². The second kappa shape index (κ2) is 4.84. The number of amides is 1. The van der Waals surface area contributed by atoms with E-state index < -0.39 is 0 Å². The van der Waals surface area contributed by atoms with E-state index in [4.69, 9.17) is 27.7 Å². The Morgan fingerprint density at radius 3 is 2.89 bits per heavy atom. The highest BCUT2D eigenvalue weighted by Crippen LogP contribution is 2.36. The number of nitrogens with two attached hydrogens (primary N) is 1. The summed E-state index contributed by atoms with van der Waals surface area (Å²) in [6.07, 6.45) is 0.257. The van der Waals surface area contributed by atoms with Gasteiger partial charge in [0.15, 0.2) is 0 Å². The van der Waals surface area contributed by atoms with Crippen LogP contribution in [0.25, 0.3) is 0 Å². The van der Waals surface area contributed by atoms with Gasteiger partial charge in [-0.2, -0.15) is 5.26 Å². The van der Waals surface area contributed by atoms with E-state index in [-0.39, 0.29) is 35.4 Å². The molecule has 1 atom stereocenters. The summed E-state index contributed by atoms with van der Waals surface area (Å²) in [5.74, 6) is -0.276. The van der Waals surface area contributed by atoms with E-state index in [1.54, 1.807) is 6.07 Å². The normalized spacial score (nSPS) is 19.1. The zero-order chi connectivity index (χ0) is 13.3. The van der Waals surface area contributed by atoms with Gasteiger partial charge in [0.05, 0.1) is 22.0 Å². The minimum Gasteiger partial charge on any atom is -0.397 e. The number of aliphatic hydroxyl groups excluding tert-OH is 1. The molecule has 0 aromatic heterocycles. The van der Waals surface area contributed by atoms with Gasteiger partial charge in [-0.05, 0) is 12.1 Å². The maximum atomic E-state index is 11.9. The molecule has 94 valence electrons. The monoisotopic (exact) mass is 265 g/mol. The van der Waals surface area contributed by atoms with Crippen LogP contribution >= 0.6 is 11.6 Å². The van der Waals surface area contributed by atoms with Crippen LogP contribution in [0.5, 0.6) is 0 Å². The lowest BCUT2D eigenvalue weighted by molar-refractivity contribution is -0.117. The number of halogens is 1. The fourth-order valence-corrected chi connectivity index (χ4v) is 2.29. The van der Waals surface area contributed by atoms with E-state index in [2.05, 4.69) is 0 Å². The summed E-state index contributed by atoms with van der Waals surface area (Å²) >= 11 is 5.93. The average Bonchev–Trinajstić information content (AvgIpc) is 2.73. The number of anilines is 2. The molecule has 0 radical (unpaired) electrons. The first-order valence-corrected chi connectivity index (χ1v) is 5.85. The third kappa shape index (κ3) is 2.01. The second-order valence-electron chi connectivity index (χ2n) is 4.23. The molecule has 3 N–H and O–H groups in total. The molecule has 1 amide bonds. The van der Waals surface area contributed by atoms with Gasteiger partial charge in [0.25, 0.3) is 0 Å². The first-order chi connectivity index (χ1) is 8.58. The molecule has 18 heavy (non-hydrogen) atoms. The molecular weight excluding hydrogens is 254 g/mol. The van der Waals surface area contributed by atoms with Gasteiger partial charge in [-0.1, -0.05) is 11.6 Å². The first-order valence-electron chi connectivity index (χ1n) is 5.47. The van der Waals surface area contributed by atoms with Crippen LogP contribution in [-0.2, 0) is 4.79 Å². The number of hydrogen-bond donors (Lipinski definition) is 2. The molecule has 1 aromatic rings. The van der Waals surface area contributed by atoms with E-state index in [9.17, 15) is 4.79 Å². The Kier molecular flexibility index (Phi) is 3.41. The average molecular weight is 266 g/mol. The van der Waals surface area contributed by atoms with E-state index >= 15 is 0 Å². The number of carbonyl (C=O) groups is 1. The largest absolute Gasteiger partial charge is 0.397 e. The minimum atomic E-state index is -0.153. The molecule has 0 spiro atoms. The van der Waals surface area contributed by atoms with Crippen molar-refractivity contribution in [2.24, 2.45) is 5.92 Å². The van der Waals surface area contributed by atoms with Crippen LogP contribution in [0.15, 0.2) is 12.1 Å².